The van der Waals surface area contributed by atoms with Gasteiger partial charge in [-0.25, -0.2) is 0 Å². The molecule has 1 aromatic carbocycles. The Morgan fingerprint density at radius 2 is 1.82 bits per heavy atom. The molecule has 0 aliphatic carbocycles. The summed E-state index contributed by atoms with van der Waals surface area (Å²) in [6.45, 7) is 15.1. The number of aliphatic imine (C=N–C) groups is 1. The topological polar surface area (TPSA) is 30.8 Å². The number of ether oxygens (including phenoxy) is 2. The summed E-state index contributed by atoms with van der Waals surface area (Å²) in [5.74, 6) is 2.27. The van der Waals surface area contributed by atoms with Crippen LogP contribution in [0.2, 0.25) is 0 Å². The molecule has 1 aliphatic rings. The number of benzene rings is 1. The van der Waals surface area contributed by atoms with Crippen LogP contribution in [-0.4, -0.2) is 31.6 Å². The molecule has 0 unspecified atom stereocenters. The fraction of sp³-hybridized carbons (Fsp3) is 0.720. The first-order valence-corrected chi connectivity index (χ1v) is 11.2. The number of rotatable bonds is 10. The number of hydrogen-bond donors (Lipinski definition) is 0. The second-order valence-electron chi connectivity index (χ2n) is 9.56. The Hall–Kier alpha value is -1.35. The van der Waals surface area contributed by atoms with Crippen LogP contribution in [0.5, 0.6) is 5.75 Å². The lowest BCUT2D eigenvalue weighted by molar-refractivity contribution is -0.0755. The summed E-state index contributed by atoms with van der Waals surface area (Å²) in [7, 11) is 0. The minimum atomic E-state index is 0.204. The first-order chi connectivity index (χ1) is 13.3. The zero-order chi connectivity index (χ0) is 20.6. The molecule has 0 radical (unpaired) electrons. The SMILES string of the molecule is CC(C)CC[C@]1(CCN=Cc2ccc(OC(C)C)cc2)CCO[C@@H](C(C)C)C1. The first kappa shape index (κ1) is 22.9. The standard InChI is InChI=1S/C25H41NO2/c1-19(2)11-12-25(14-16-27-24(17-25)20(3)4)13-15-26-18-22-7-9-23(10-8-22)28-21(5)6/h7-10,18-21,24H,11-17H2,1-6H3/t24-,25+/m1/s1. The van der Waals surface area contributed by atoms with Gasteiger partial charge < -0.3 is 9.47 Å². The van der Waals surface area contributed by atoms with Gasteiger partial charge in [-0.2, -0.15) is 0 Å². The van der Waals surface area contributed by atoms with E-state index >= 15 is 0 Å². The third-order valence-corrected chi connectivity index (χ3v) is 5.86. The highest BCUT2D eigenvalue weighted by atomic mass is 16.5. The summed E-state index contributed by atoms with van der Waals surface area (Å²) in [6, 6.07) is 8.21. The molecule has 0 bridgehead atoms. The molecule has 1 fully saturated rings. The van der Waals surface area contributed by atoms with Crippen molar-refractivity contribution in [3.8, 4) is 5.75 Å². The van der Waals surface area contributed by atoms with E-state index in [0.717, 1.165) is 36.8 Å². The van der Waals surface area contributed by atoms with Gasteiger partial charge in [0.25, 0.3) is 0 Å². The minimum Gasteiger partial charge on any atom is -0.491 e. The van der Waals surface area contributed by atoms with E-state index in [1.54, 1.807) is 0 Å². The van der Waals surface area contributed by atoms with Gasteiger partial charge in [-0.15, -0.1) is 0 Å². The highest BCUT2D eigenvalue weighted by molar-refractivity contribution is 5.79. The van der Waals surface area contributed by atoms with Crippen LogP contribution < -0.4 is 4.74 Å². The van der Waals surface area contributed by atoms with Crippen LogP contribution in [0.1, 0.15) is 79.2 Å². The first-order valence-electron chi connectivity index (χ1n) is 11.2. The van der Waals surface area contributed by atoms with Crippen molar-refractivity contribution in [1.29, 1.82) is 0 Å². The molecule has 1 aliphatic heterocycles. The molecule has 158 valence electrons. The third kappa shape index (κ3) is 7.58. The Morgan fingerprint density at radius 1 is 1.11 bits per heavy atom. The average Bonchev–Trinajstić information content (AvgIpc) is 2.65. The number of nitrogens with zero attached hydrogens (tertiary/aromatic N) is 1. The lowest BCUT2D eigenvalue weighted by Gasteiger charge is -2.43. The Balaban J connectivity index is 1.94. The summed E-state index contributed by atoms with van der Waals surface area (Å²) in [6.07, 6.45) is 8.74. The summed E-state index contributed by atoms with van der Waals surface area (Å²) >= 11 is 0. The van der Waals surface area contributed by atoms with E-state index in [1.165, 1.54) is 25.7 Å². The predicted molar refractivity (Wildman–Crippen MR) is 120 cm³/mol. The Morgan fingerprint density at radius 3 is 2.43 bits per heavy atom. The molecule has 28 heavy (non-hydrogen) atoms. The van der Waals surface area contributed by atoms with Crippen LogP contribution in [0, 0.1) is 17.3 Å². The van der Waals surface area contributed by atoms with Crippen LogP contribution in [0.3, 0.4) is 0 Å². The van der Waals surface area contributed by atoms with Crippen molar-refractivity contribution in [2.24, 2.45) is 22.2 Å². The zero-order valence-electron chi connectivity index (χ0n) is 18.9. The highest BCUT2D eigenvalue weighted by Crippen LogP contribution is 2.43. The maximum Gasteiger partial charge on any atom is 0.119 e. The quantitative estimate of drug-likeness (QED) is 0.427. The number of hydrogen-bond acceptors (Lipinski definition) is 3. The molecule has 0 aromatic heterocycles. The van der Waals surface area contributed by atoms with E-state index < -0.39 is 0 Å². The molecule has 0 amide bonds. The summed E-state index contributed by atoms with van der Waals surface area (Å²) in [4.78, 5) is 4.76. The molecule has 0 N–H and O–H groups in total. The largest absolute Gasteiger partial charge is 0.491 e. The molecule has 2 atom stereocenters. The van der Waals surface area contributed by atoms with Crippen molar-refractivity contribution >= 4 is 6.21 Å². The van der Waals surface area contributed by atoms with Gasteiger partial charge in [0.05, 0.1) is 12.2 Å². The van der Waals surface area contributed by atoms with E-state index in [1.807, 2.05) is 32.2 Å². The Bertz CT molecular complexity index is 591. The highest BCUT2D eigenvalue weighted by Gasteiger charge is 2.37. The maximum absolute atomic E-state index is 6.07. The fourth-order valence-electron chi connectivity index (χ4n) is 3.99. The van der Waals surface area contributed by atoms with E-state index in [0.29, 0.717) is 17.4 Å². The minimum absolute atomic E-state index is 0.204. The summed E-state index contributed by atoms with van der Waals surface area (Å²) in [5.41, 5.74) is 1.53. The van der Waals surface area contributed by atoms with Crippen molar-refractivity contribution in [3.05, 3.63) is 29.8 Å². The second kappa shape index (κ2) is 11.0. The van der Waals surface area contributed by atoms with E-state index in [9.17, 15) is 0 Å². The van der Waals surface area contributed by atoms with Gasteiger partial charge in [0.15, 0.2) is 0 Å². The Kier molecular flexibility index (Phi) is 9.01. The summed E-state index contributed by atoms with van der Waals surface area (Å²) < 4.78 is 11.8. The van der Waals surface area contributed by atoms with Gasteiger partial charge in [0.2, 0.25) is 0 Å². The van der Waals surface area contributed by atoms with Gasteiger partial charge >= 0.3 is 0 Å². The molecule has 3 heteroatoms. The third-order valence-electron chi connectivity index (χ3n) is 5.86. The van der Waals surface area contributed by atoms with Crippen LogP contribution in [0.4, 0.5) is 0 Å². The van der Waals surface area contributed by atoms with Crippen molar-refractivity contribution < 1.29 is 9.47 Å². The van der Waals surface area contributed by atoms with Gasteiger partial charge in [0.1, 0.15) is 5.75 Å². The molecule has 1 aromatic rings. The van der Waals surface area contributed by atoms with E-state index in [-0.39, 0.29) is 6.10 Å². The molecular weight excluding hydrogens is 346 g/mol. The molecule has 2 rings (SSSR count). The van der Waals surface area contributed by atoms with Gasteiger partial charge in [-0.05, 0) is 86.6 Å². The van der Waals surface area contributed by atoms with Crippen molar-refractivity contribution in [1.82, 2.24) is 0 Å². The van der Waals surface area contributed by atoms with Crippen LogP contribution >= 0.6 is 0 Å². The van der Waals surface area contributed by atoms with E-state index in [2.05, 4.69) is 39.8 Å². The maximum atomic E-state index is 6.07. The van der Waals surface area contributed by atoms with Gasteiger partial charge in [-0.1, -0.05) is 34.1 Å². The van der Waals surface area contributed by atoms with E-state index in [4.69, 9.17) is 14.5 Å². The smallest absolute Gasteiger partial charge is 0.119 e. The van der Waals surface area contributed by atoms with Crippen LogP contribution in [0.15, 0.2) is 29.3 Å². The fourth-order valence-corrected chi connectivity index (χ4v) is 3.99. The molecule has 3 nitrogen and oxygen atoms in total. The molecule has 1 saturated heterocycles. The molecule has 0 spiro atoms. The molecular formula is C25H41NO2. The van der Waals surface area contributed by atoms with Crippen molar-refractivity contribution in [2.45, 2.75) is 85.9 Å². The van der Waals surface area contributed by atoms with Crippen molar-refractivity contribution in [2.75, 3.05) is 13.2 Å². The van der Waals surface area contributed by atoms with Gasteiger partial charge in [0, 0.05) is 19.4 Å². The lowest BCUT2D eigenvalue weighted by atomic mass is 9.69. The lowest BCUT2D eigenvalue weighted by Crippen LogP contribution is -2.38. The van der Waals surface area contributed by atoms with Crippen LogP contribution in [-0.2, 0) is 4.74 Å². The zero-order valence-corrected chi connectivity index (χ0v) is 18.9. The molecule has 0 saturated carbocycles. The normalized spacial score (nSPS) is 23.2. The van der Waals surface area contributed by atoms with Crippen LogP contribution in [0.25, 0.3) is 0 Å². The van der Waals surface area contributed by atoms with Gasteiger partial charge in [-0.3, -0.25) is 4.99 Å². The van der Waals surface area contributed by atoms with Crippen molar-refractivity contribution in [3.63, 3.8) is 0 Å². The Labute approximate surface area is 172 Å². The predicted octanol–water partition coefficient (Wildman–Crippen LogP) is 6.54. The average molecular weight is 388 g/mol. The monoisotopic (exact) mass is 387 g/mol. The molecule has 1 heterocycles. The summed E-state index contributed by atoms with van der Waals surface area (Å²) in [5, 5.41) is 0. The second-order valence-corrected chi connectivity index (χ2v) is 9.56.